The van der Waals surface area contributed by atoms with Crippen LogP contribution in [0.2, 0.25) is 0 Å². The van der Waals surface area contributed by atoms with E-state index in [0.29, 0.717) is 17.4 Å². The molecule has 0 aliphatic heterocycles. The zero-order valence-electron chi connectivity index (χ0n) is 13.8. The van der Waals surface area contributed by atoms with Crippen LogP contribution in [0.15, 0.2) is 10.7 Å². The van der Waals surface area contributed by atoms with Gasteiger partial charge in [0.15, 0.2) is 0 Å². The van der Waals surface area contributed by atoms with Crippen molar-refractivity contribution in [3.8, 4) is 0 Å². The molecule has 3 nitrogen and oxygen atoms in total. The molecule has 0 spiro atoms. The molecule has 1 heterocycles. The normalized spacial score (nSPS) is 15.3. The maximum atomic E-state index is 4.36. The van der Waals surface area contributed by atoms with Crippen molar-refractivity contribution in [3.05, 3.63) is 16.4 Å². The zero-order chi connectivity index (χ0) is 15.3. The average molecular weight is 344 g/mol. The van der Waals surface area contributed by atoms with Crippen LogP contribution >= 0.6 is 15.9 Å². The third-order valence-corrected chi connectivity index (χ3v) is 4.12. The van der Waals surface area contributed by atoms with Crippen molar-refractivity contribution in [2.75, 3.05) is 6.54 Å². The molecular weight excluding hydrogens is 314 g/mol. The Morgan fingerprint density at radius 3 is 2.50 bits per heavy atom. The number of halogens is 1. The highest BCUT2D eigenvalue weighted by Gasteiger charge is 2.23. The Morgan fingerprint density at radius 2 is 2.05 bits per heavy atom. The maximum absolute atomic E-state index is 4.36. The lowest BCUT2D eigenvalue weighted by Gasteiger charge is -2.27. The first kappa shape index (κ1) is 17.7. The van der Waals surface area contributed by atoms with Crippen molar-refractivity contribution in [1.29, 1.82) is 0 Å². The Hall–Kier alpha value is -0.350. The molecule has 116 valence electrons. The lowest BCUT2D eigenvalue weighted by molar-refractivity contribution is 0.272. The summed E-state index contributed by atoms with van der Waals surface area (Å²) >= 11 is 3.64. The van der Waals surface area contributed by atoms with Crippen molar-refractivity contribution < 1.29 is 0 Å². The highest BCUT2D eigenvalue weighted by Crippen LogP contribution is 2.32. The van der Waals surface area contributed by atoms with E-state index < -0.39 is 0 Å². The van der Waals surface area contributed by atoms with E-state index in [1.165, 1.54) is 12.1 Å². The van der Waals surface area contributed by atoms with Crippen LogP contribution in [0.1, 0.15) is 65.6 Å². The lowest BCUT2D eigenvalue weighted by Crippen LogP contribution is -2.27. The predicted molar refractivity (Wildman–Crippen MR) is 89.8 cm³/mol. The monoisotopic (exact) mass is 343 g/mol. The van der Waals surface area contributed by atoms with Gasteiger partial charge in [-0.25, -0.2) is 0 Å². The average Bonchev–Trinajstić information content (AvgIpc) is 2.62. The molecule has 2 unspecified atom stereocenters. The molecule has 1 aromatic rings. The number of nitrogens with zero attached hydrogens (tertiary/aromatic N) is 2. The molecular formula is C16H30BrN3. The Morgan fingerprint density at radius 1 is 1.40 bits per heavy atom. The van der Waals surface area contributed by atoms with Crippen molar-refractivity contribution in [1.82, 2.24) is 15.1 Å². The van der Waals surface area contributed by atoms with Crippen molar-refractivity contribution >= 4 is 15.9 Å². The molecule has 0 fully saturated rings. The van der Waals surface area contributed by atoms with Crippen LogP contribution in [-0.4, -0.2) is 16.3 Å². The van der Waals surface area contributed by atoms with Gasteiger partial charge in [-0.2, -0.15) is 5.10 Å². The molecule has 0 saturated heterocycles. The molecule has 1 N–H and O–H groups in total. The Bertz CT molecular complexity index is 387. The summed E-state index contributed by atoms with van der Waals surface area (Å²) in [5, 5.41) is 8.04. The van der Waals surface area contributed by atoms with Crippen molar-refractivity contribution in [2.24, 2.45) is 18.4 Å². The van der Waals surface area contributed by atoms with Gasteiger partial charge in [0.1, 0.15) is 0 Å². The Balaban J connectivity index is 2.80. The van der Waals surface area contributed by atoms with Crippen LogP contribution in [-0.2, 0) is 7.05 Å². The molecule has 4 heteroatoms. The highest BCUT2D eigenvalue weighted by atomic mass is 79.9. The number of hydrogen-bond acceptors (Lipinski definition) is 2. The van der Waals surface area contributed by atoms with Gasteiger partial charge in [0.25, 0.3) is 0 Å². The summed E-state index contributed by atoms with van der Waals surface area (Å²) in [6.45, 7) is 12.6. The van der Waals surface area contributed by atoms with Crippen LogP contribution in [0, 0.1) is 11.3 Å². The van der Waals surface area contributed by atoms with E-state index >= 15 is 0 Å². The standard InChI is InChI=1S/C16H30BrN3/c1-7-8-18-14(9-12(2)10-16(3,4)5)15-13(17)11-19-20(15)6/h11-12,14,18H,7-10H2,1-6H3. The minimum absolute atomic E-state index is 0.370. The van der Waals surface area contributed by atoms with E-state index in [-0.39, 0.29) is 0 Å². The van der Waals surface area contributed by atoms with Gasteiger partial charge in [0.2, 0.25) is 0 Å². The van der Waals surface area contributed by atoms with E-state index in [9.17, 15) is 0 Å². The molecule has 1 rings (SSSR count). The molecule has 0 amide bonds. The minimum Gasteiger partial charge on any atom is -0.309 e. The van der Waals surface area contributed by atoms with Crippen LogP contribution in [0.3, 0.4) is 0 Å². The van der Waals surface area contributed by atoms with E-state index in [1.54, 1.807) is 0 Å². The molecule has 0 saturated carbocycles. The Labute approximate surface area is 132 Å². The van der Waals surface area contributed by atoms with Crippen molar-refractivity contribution in [2.45, 2.75) is 59.9 Å². The molecule has 2 atom stereocenters. The predicted octanol–water partition coefficient (Wildman–Crippen LogP) is 4.69. The van der Waals surface area contributed by atoms with Gasteiger partial charge in [0.05, 0.1) is 22.4 Å². The quantitative estimate of drug-likeness (QED) is 0.778. The van der Waals surface area contributed by atoms with Crippen LogP contribution in [0.4, 0.5) is 0 Å². The van der Waals surface area contributed by atoms with Gasteiger partial charge in [-0.1, -0.05) is 34.6 Å². The lowest BCUT2D eigenvalue weighted by atomic mass is 9.82. The van der Waals surface area contributed by atoms with Crippen LogP contribution < -0.4 is 5.32 Å². The van der Waals surface area contributed by atoms with Crippen molar-refractivity contribution in [3.63, 3.8) is 0 Å². The molecule has 0 aliphatic rings. The number of nitrogens with one attached hydrogen (secondary N) is 1. The fourth-order valence-electron chi connectivity index (χ4n) is 2.95. The van der Waals surface area contributed by atoms with Gasteiger partial charge >= 0.3 is 0 Å². The van der Waals surface area contributed by atoms with Gasteiger partial charge in [0, 0.05) is 7.05 Å². The SMILES string of the molecule is CCCNC(CC(C)CC(C)(C)C)c1c(Br)cnn1C. The van der Waals surface area contributed by atoms with E-state index in [1.807, 2.05) is 17.9 Å². The first-order valence-corrected chi connectivity index (χ1v) is 8.44. The minimum atomic E-state index is 0.370. The molecule has 0 radical (unpaired) electrons. The van der Waals surface area contributed by atoms with E-state index in [4.69, 9.17) is 0 Å². The summed E-state index contributed by atoms with van der Waals surface area (Å²) < 4.78 is 3.10. The fourth-order valence-corrected chi connectivity index (χ4v) is 3.58. The molecule has 0 aliphatic carbocycles. The zero-order valence-corrected chi connectivity index (χ0v) is 15.4. The van der Waals surface area contributed by atoms with E-state index in [0.717, 1.165) is 23.9 Å². The van der Waals surface area contributed by atoms with Crippen LogP contribution in [0.25, 0.3) is 0 Å². The van der Waals surface area contributed by atoms with Gasteiger partial charge in [-0.3, -0.25) is 4.68 Å². The summed E-state index contributed by atoms with van der Waals surface area (Å²) in [7, 11) is 2.02. The number of aromatic nitrogens is 2. The number of rotatable bonds is 7. The first-order valence-electron chi connectivity index (χ1n) is 7.65. The maximum Gasteiger partial charge on any atom is 0.0692 e. The van der Waals surface area contributed by atoms with Gasteiger partial charge in [-0.05, 0) is 53.1 Å². The fraction of sp³-hybridized carbons (Fsp3) is 0.812. The third kappa shape index (κ3) is 5.57. The van der Waals surface area contributed by atoms with Gasteiger partial charge < -0.3 is 5.32 Å². The highest BCUT2D eigenvalue weighted by molar-refractivity contribution is 9.10. The summed E-state index contributed by atoms with van der Waals surface area (Å²) in [5.74, 6) is 0.686. The van der Waals surface area contributed by atoms with Crippen LogP contribution in [0.5, 0.6) is 0 Å². The second kappa shape index (κ2) is 7.60. The summed E-state index contributed by atoms with van der Waals surface area (Å²) in [5.41, 5.74) is 1.65. The first-order chi connectivity index (χ1) is 9.24. The third-order valence-electron chi connectivity index (χ3n) is 3.51. The summed E-state index contributed by atoms with van der Waals surface area (Å²) in [6.07, 6.45) is 5.44. The summed E-state index contributed by atoms with van der Waals surface area (Å²) in [6, 6.07) is 0.370. The largest absolute Gasteiger partial charge is 0.309 e. The topological polar surface area (TPSA) is 29.9 Å². The number of aryl methyl sites for hydroxylation is 1. The molecule has 20 heavy (non-hydrogen) atoms. The Kier molecular flexibility index (Phi) is 6.73. The molecule has 0 aromatic carbocycles. The molecule has 0 bridgehead atoms. The second-order valence-electron chi connectivity index (χ2n) is 7.11. The number of hydrogen-bond donors (Lipinski definition) is 1. The molecule has 1 aromatic heterocycles. The summed E-state index contributed by atoms with van der Waals surface area (Å²) in [4.78, 5) is 0. The smallest absolute Gasteiger partial charge is 0.0692 e. The second-order valence-corrected chi connectivity index (χ2v) is 7.97. The van der Waals surface area contributed by atoms with Gasteiger partial charge in [-0.15, -0.1) is 0 Å². The van der Waals surface area contributed by atoms with E-state index in [2.05, 4.69) is 61.0 Å².